The molecule has 0 saturated heterocycles. The fourth-order valence-corrected chi connectivity index (χ4v) is 2.66. The summed E-state index contributed by atoms with van der Waals surface area (Å²) >= 11 is 3.42. The van der Waals surface area contributed by atoms with Crippen LogP contribution in [0.1, 0.15) is 11.5 Å². The van der Waals surface area contributed by atoms with Gasteiger partial charge in [0.1, 0.15) is 13.2 Å². The molecule has 1 aromatic heterocycles. The summed E-state index contributed by atoms with van der Waals surface area (Å²) < 4.78 is 17.9. The number of benzene rings is 2. The van der Waals surface area contributed by atoms with Gasteiger partial charge in [-0.3, -0.25) is 0 Å². The molecule has 0 radical (unpaired) electrons. The molecular weight excluding hydrogens is 360 g/mol. The number of halogens is 1. The van der Waals surface area contributed by atoms with E-state index >= 15 is 0 Å². The summed E-state index contributed by atoms with van der Waals surface area (Å²) in [5, 5.41) is 8.25. The van der Waals surface area contributed by atoms with E-state index in [0.717, 1.165) is 21.3 Å². The van der Waals surface area contributed by atoms with Gasteiger partial charge in [0.2, 0.25) is 11.8 Å². The van der Waals surface area contributed by atoms with E-state index in [1.807, 2.05) is 42.5 Å². The molecule has 0 N–H and O–H groups in total. The van der Waals surface area contributed by atoms with Crippen molar-refractivity contribution >= 4 is 15.9 Å². The Hall–Kier alpha value is -2.34. The summed E-state index contributed by atoms with van der Waals surface area (Å²) in [6.07, 6.45) is 0.602. The summed E-state index contributed by atoms with van der Waals surface area (Å²) in [5.74, 6) is 2.52. The average Bonchev–Trinajstić information content (AvgIpc) is 3.05. The Morgan fingerprint density at radius 1 is 0.913 bits per heavy atom. The lowest BCUT2D eigenvalue weighted by atomic mass is 10.1. The van der Waals surface area contributed by atoms with Gasteiger partial charge in [0.05, 0.1) is 6.42 Å². The monoisotopic (exact) mass is 372 g/mol. The Labute approximate surface area is 141 Å². The van der Waals surface area contributed by atoms with E-state index < -0.39 is 0 Å². The van der Waals surface area contributed by atoms with E-state index in [1.54, 1.807) is 0 Å². The third-order valence-electron chi connectivity index (χ3n) is 3.52. The normalized spacial score (nSPS) is 13.1. The molecule has 2 heterocycles. The molecule has 0 saturated carbocycles. The molecule has 4 rings (SSSR count). The highest BCUT2D eigenvalue weighted by atomic mass is 79.9. The van der Waals surface area contributed by atoms with Crippen LogP contribution in [0.25, 0.3) is 11.5 Å². The van der Waals surface area contributed by atoms with Crippen molar-refractivity contribution < 1.29 is 13.9 Å². The fraction of sp³-hybridized carbons (Fsp3) is 0.176. The summed E-state index contributed by atoms with van der Waals surface area (Å²) in [6.45, 7) is 1.12. The van der Waals surface area contributed by atoms with Gasteiger partial charge < -0.3 is 13.9 Å². The Balaban J connectivity index is 1.56. The molecule has 1 aliphatic heterocycles. The van der Waals surface area contributed by atoms with Crippen LogP contribution in [-0.2, 0) is 6.42 Å². The zero-order valence-electron chi connectivity index (χ0n) is 12.2. The van der Waals surface area contributed by atoms with Gasteiger partial charge in [0.15, 0.2) is 11.5 Å². The first-order valence-electron chi connectivity index (χ1n) is 7.25. The Bertz CT molecular complexity index is 830. The van der Waals surface area contributed by atoms with E-state index in [0.29, 0.717) is 37.2 Å². The average molecular weight is 373 g/mol. The number of hydrogen-bond donors (Lipinski definition) is 0. The molecule has 0 fully saturated rings. The number of aromatic nitrogens is 2. The maximum absolute atomic E-state index is 5.76. The van der Waals surface area contributed by atoms with Crippen LogP contribution >= 0.6 is 15.9 Å². The van der Waals surface area contributed by atoms with Gasteiger partial charge in [-0.1, -0.05) is 28.1 Å². The molecule has 0 aliphatic carbocycles. The van der Waals surface area contributed by atoms with Crippen molar-refractivity contribution in [3.8, 4) is 23.0 Å². The first-order valence-corrected chi connectivity index (χ1v) is 8.04. The van der Waals surface area contributed by atoms with Crippen LogP contribution < -0.4 is 9.47 Å². The molecule has 5 nitrogen and oxygen atoms in total. The molecule has 0 atom stereocenters. The van der Waals surface area contributed by atoms with Crippen molar-refractivity contribution in [2.75, 3.05) is 13.2 Å². The molecular formula is C17H13BrN2O3. The van der Waals surface area contributed by atoms with Gasteiger partial charge in [-0.05, 0) is 35.9 Å². The van der Waals surface area contributed by atoms with Gasteiger partial charge in [-0.15, -0.1) is 10.2 Å². The second kappa shape index (κ2) is 6.04. The highest BCUT2D eigenvalue weighted by molar-refractivity contribution is 9.10. The number of ether oxygens (including phenoxy) is 2. The maximum Gasteiger partial charge on any atom is 0.247 e. The first-order chi connectivity index (χ1) is 11.3. The number of rotatable bonds is 3. The predicted octanol–water partition coefficient (Wildman–Crippen LogP) is 3.86. The molecule has 0 unspecified atom stereocenters. The minimum Gasteiger partial charge on any atom is -0.486 e. The highest BCUT2D eigenvalue weighted by Crippen LogP contribution is 2.34. The van der Waals surface area contributed by atoms with Crippen molar-refractivity contribution in [3.05, 3.63) is 58.4 Å². The van der Waals surface area contributed by atoms with Gasteiger partial charge in [0, 0.05) is 10.0 Å². The van der Waals surface area contributed by atoms with Crippen LogP contribution in [0.5, 0.6) is 11.5 Å². The Kier molecular flexibility index (Phi) is 3.75. The smallest absolute Gasteiger partial charge is 0.247 e. The summed E-state index contributed by atoms with van der Waals surface area (Å²) in [6, 6.07) is 13.7. The van der Waals surface area contributed by atoms with E-state index in [9.17, 15) is 0 Å². The predicted molar refractivity (Wildman–Crippen MR) is 87.7 cm³/mol. The molecule has 6 heteroatoms. The lowest BCUT2D eigenvalue weighted by Crippen LogP contribution is -2.15. The topological polar surface area (TPSA) is 57.4 Å². The molecule has 1 aliphatic rings. The second-order valence-electron chi connectivity index (χ2n) is 5.16. The van der Waals surface area contributed by atoms with Crippen LogP contribution in [0.2, 0.25) is 0 Å². The minimum absolute atomic E-state index is 0.481. The molecule has 23 heavy (non-hydrogen) atoms. The molecule has 0 spiro atoms. The van der Waals surface area contributed by atoms with E-state index in [1.165, 1.54) is 0 Å². The largest absolute Gasteiger partial charge is 0.486 e. The third-order valence-corrected chi connectivity index (χ3v) is 4.05. The van der Waals surface area contributed by atoms with Crippen LogP contribution in [0, 0.1) is 0 Å². The number of fused-ring (bicyclic) bond motifs is 1. The van der Waals surface area contributed by atoms with Crippen molar-refractivity contribution in [3.63, 3.8) is 0 Å². The molecule has 2 aromatic carbocycles. The van der Waals surface area contributed by atoms with E-state index in [-0.39, 0.29) is 0 Å². The number of hydrogen-bond acceptors (Lipinski definition) is 5. The molecule has 0 bridgehead atoms. The number of nitrogens with zero attached hydrogens (tertiary/aromatic N) is 2. The van der Waals surface area contributed by atoms with Crippen molar-refractivity contribution in [1.82, 2.24) is 10.2 Å². The van der Waals surface area contributed by atoms with Crippen molar-refractivity contribution in [1.29, 1.82) is 0 Å². The quantitative estimate of drug-likeness (QED) is 0.698. The highest BCUT2D eigenvalue weighted by Gasteiger charge is 2.15. The van der Waals surface area contributed by atoms with Gasteiger partial charge in [0.25, 0.3) is 0 Å². The summed E-state index contributed by atoms with van der Waals surface area (Å²) in [5.41, 5.74) is 1.94. The van der Waals surface area contributed by atoms with Crippen LogP contribution in [0.15, 0.2) is 51.4 Å². The zero-order chi connectivity index (χ0) is 15.6. The Morgan fingerprint density at radius 3 is 2.52 bits per heavy atom. The third kappa shape index (κ3) is 3.07. The van der Waals surface area contributed by atoms with Gasteiger partial charge >= 0.3 is 0 Å². The van der Waals surface area contributed by atoms with Gasteiger partial charge in [-0.2, -0.15) is 0 Å². The van der Waals surface area contributed by atoms with Gasteiger partial charge in [-0.25, -0.2) is 0 Å². The minimum atomic E-state index is 0.481. The zero-order valence-corrected chi connectivity index (χ0v) is 13.7. The standard InChI is InChI=1S/C17H13BrN2O3/c18-13-4-1-11(2-5-13)9-16-19-20-17(23-16)12-3-6-14-15(10-12)22-8-7-21-14/h1-6,10H,7-9H2. The molecule has 0 amide bonds. The first kappa shape index (κ1) is 14.3. The molecule has 116 valence electrons. The lowest BCUT2D eigenvalue weighted by molar-refractivity contribution is 0.171. The second-order valence-corrected chi connectivity index (χ2v) is 6.08. The molecule has 3 aromatic rings. The summed E-state index contributed by atoms with van der Waals surface area (Å²) in [4.78, 5) is 0. The summed E-state index contributed by atoms with van der Waals surface area (Å²) in [7, 11) is 0. The van der Waals surface area contributed by atoms with E-state index in [2.05, 4.69) is 26.1 Å². The van der Waals surface area contributed by atoms with E-state index in [4.69, 9.17) is 13.9 Å². The lowest BCUT2D eigenvalue weighted by Gasteiger charge is -2.18. The van der Waals surface area contributed by atoms with Crippen LogP contribution in [0.4, 0.5) is 0 Å². The van der Waals surface area contributed by atoms with Crippen molar-refractivity contribution in [2.45, 2.75) is 6.42 Å². The maximum atomic E-state index is 5.76. The van der Waals surface area contributed by atoms with Crippen molar-refractivity contribution in [2.24, 2.45) is 0 Å². The van der Waals surface area contributed by atoms with Crippen LogP contribution in [-0.4, -0.2) is 23.4 Å². The van der Waals surface area contributed by atoms with Crippen LogP contribution in [0.3, 0.4) is 0 Å². The fourth-order valence-electron chi connectivity index (χ4n) is 2.39. The Morgan fingerprint density at radius 2 is 1.70 bits per heavy atom. The SMILES string of the molecule is Brc1ccc(Cc2nnc(-c3ccc4c(c3)OCCO4)o2)cc1.